The second-order valence-corrected chi connectivity index (χ2v) is 20.3. The Labute approximate surface area is 451 Å². The summed E-state index contributed by atoms with van der Waals surface area (Å²) < 4.78 is 34.3. The van der Waals surface area contributed by atoms with E-state index in [1.165, 1.54) is 12.8 Å². The van der Waals surface area contributed by atoms with Gasteiger partial charge in [-0.25, -0.2) is 4.57 Å². The zero-order valence-electron chi connectivity index (χ0n) is 46.7. The molecule has 0 radical (unpaired) electrons. The second kappa shape index (κ2) is 53.2. The Hall–Kier alpha value is -4.63. The SMILES string of the molecule is CC/C=C\C/C=C\C/C=C\C/C=C\C/C=C\C/C=C\C/C=C\C/C=C\C/C=C\CCCCCCCCCC(=O)OC(COC(=O)C/C=C\C/C=C\C/C=C\C/C=C\C/C=C\CC)COP(=O)(O)OCC[N+](C)(C)C. The molecule has 0 aliphatic rings. The first kappa shape index (κ1) is 69.4. The summed E-state index contributed by atoms with van der Waals surface area (Å²) in [6, 6.07) is 0. The first-order chi connectivity index (χ1) is 36.0. The summed E-state index contributed by atoms with van der Waals surface area (Å²) in [5.41, 5.74) is 0. The predicted molar refractivity (Wildman–Crippen MR) is 316 cm³/mol. The molecule has 0 fully saturated rings. The van der Waals surface area contributed by atoms with Crippen molar-refractivity contribution in [2.75, 3.05) is 47.5 Å². The summed E-state index contributed by atoms with van der Waals surface area (Å²) in [6.07, 6.45) is 81.7. The van der Waals surface area contributed by atoms with Crippen LogP contribution in [0, 0.1) is 0 Å². The van der Waals surface area contributed by atoms with Gasteiger partial charge in [0.05, 0.1) is 34.2 Å². The topological polar surface area (TPSA) is 108 Å². The van der Waals surface area contributed by atoms with Gasteiger partial charge in [-0.3, -0.25) is 18.6 Å². The maximum atomic E-state index is 12.8. The molecule has 0 saturated heterocycles. The number of nitrogens with zero attached hydrogens (tertiary/aromatic N) is 1. The van der Waals surface area contributed by atoms with Gasteiger partial charge in [-0.15, -0.1) is 0 Å². The van der Waals surface area contributed by atoms with Crippen LogP contribution in [0.1, 0.15) is 168 Å². The summed E-state index contributed by atoms with van der Waals surface area (Å²) in [5, 5.41) is 0. The van der Waals surface area contributed by atoms with Gasteiger partial charge in [0.2, 0.25) is 0 Å². The Balaban J connectivity index is 4.28. The highest BCUT2D eigenvalue weighted by atomic mass is 31.2. The van der Waals surface area contributed by atoms with Crippen molar-refractivity contribution >= 4 is 19.8 Å². The van der Waals surface area contributed by atoms with Crippen molar-refractivity contribution in [1.82, 2.24) is 0 Å². The first-order valence-electron chi connectivity index (χ1n) is 27.9. The van der Waals surface area contributed by atoms with E-state index in [-0.39, 0.29) is 26.1 Å². The lowest BCUT2D eigenvalue weighted by atomic mass is 10.1. The van der Waals surface area contributed by atoms with Crippen molar-refractivity contribution in [1.29, 1.82) is 0 Å². The molecule has 0 rings (SSSR count). The maximum absolute atomic E-state index is 12.8. The van der Waals surface area contributed by atoms with Crippen molar-refractivity contribution in [3.63, 3.8) is 0 Å². The molecular formula is C64H101NO8P+. The van der Waals surface area contributed by atoms with Crippen LogP contribution >= 0.6 is 7.82 Å². The molecule has 0 amide bonds. The van der Waals surface area contributed by atoms with Crippen LogP contribution in [-0.2, 0) is 32.7 Å². The highest BCUT2D eigenvalue weighted by molar-refractivity contribution is 7.47. The van der Waals surface area contributed by atoms with Crippen LogP contribution in [0.4, 0.5) is 0 Å². The van der Waals surface area contributed by atoms with Crippen LogP contribution in [0.5, 0.6) is 0 Å². The zero-order chi connectivity index (χ0) is 54.2. The molecule has 0 saturated carbocycles. The number of quaternary nitrogens is 1. The fourth-order valence-corrected chi connectivity index (χ4v) is 7.29. The number of ether oxygens (including phenoxy) is 2. The van der Waals surface area contributed by atoms with Crippen molar-refractivity contribution in [2.24, 2.45) is 0 Å². The smallest absolute Gasteiger partial charge is 0.461 e. The second-order valence-electron chi connectivity index (χ2n) is 18.9. The van der Waals surface area contributed by atoms with Crippen LogP contribution < -0.4 is 0 Å². The number of unbranched alkanes of at least 4 members (excludes halogenated alkanes) is 7. The maximum Gasteiger partial charge on any atom is 0.472 e. The highest BCUT2D eigenvalue weighted by Crippen LogP contribution is 2.43. The van der Waals surface area contributed by atoms with Crippen LogP contribution in [0.2, 0.25) is 0 Å². The van der Waals surface area contributed by atoms with Crippen molar-refractivity contribution in [3.8, 4) is 0 Å². The number of carbonyl (C=O) groups is 2. The molecule has 0 heterocycles. The molecule has 10 heteroatoms. The number of carbonyl (C=O) groups excluding carboxylic acids is 2. The van der Waals surface area contributed by atoms with E-state index in [0.717, 1.165) is 116 Å². The van der Waals surface area contributed by atoms with Crippen LogP contribution in [-0.4, -0.2) is 74.9 Å². The van der Waals surface area contributed by atoms with Crippen molar-refractivity contribution in [3.05, 3.63) is 170 Å². The average molecular weight is 1040 g/mol. The predicted octanol–water partition coefficient (Wildman–Crippen LogP) is 17.5. The molecule has 0 bridgehead atoms. The van der Waals surface area contributed by atoms with Gasteiger partial charge in [0.15, 0.2) is 6.10 Å². The molecule has 1 N–H and O–H groups in total. The van der Waals surface area contributed by atoms with Gasteiger partial charge >= 0.3 is 19.8 Å². The van der Waals surface area contributed by atoms with Crippen molar-refractivity contribution < 1.29 is 42.1 Å². The molecule has 74 heavy (non-hydrogen) atoms. The van der Waals surface area contributed by atoms with E-state index in [4.69, 9.17) is 18.5 Å². The summed E-state index contributed by atoms with van der Waals surface area (Å²) in [6.45, 7) is 4.03. The van der Waals surface area contributed by atoms with Crippen LogP contribution in [0.15, 0.2) is 170 Å². The largest absolute Gasteiger partial charge is 0.472 e. The summed E-state index contributed by atoms with van der Waals surface area (Å²) in [7, 11) is 1.39. The molecule has 0 aromatic heterocycles. The van der Waals surface area contributed by atoms with Crippen LogP contribution in [0.25, 0.3) is 0 Å². The molecule has 414 valence electrons. The first-order valence-corrected chi connectivity index (χ1v) is 29.4. The highest BCUT2D eigenvalue weighted by Gasteiger charge is 2.27. The molecule has 0 aliphatic heterocycles. The molecule has 2 unspecified atom stereocenters. The third-order valence-electron chi connectivity index (χ3n) is 10.8. The lowest BCUT2D eigenvalue weighted by Gasteiger charge is -2.24. The Morgan fingerprint density at radius 2 is 0.770 bits per heavy atom. The normalized spacial score (nSPS) is 14.6. The number of rotatable bonds is 48. The number of hydrogen-bond donors (Lipinski definition) is 1. The minimum absolute atomic E-state index is 0.00558. The minimum Gasteiger partial charge on any atom is -0.461 e. The van der Waals surface area contributed by atoms with Gasteiger partial charge in [0.25, 0.3) is 0 Å². The van der Waals surface area contributed by atoms with E-state index in [2.05, 4.69) is 166 Å². The van der Waals surface area contributed by atoms with E-state index < -0.39 is 32.5 Å². The number of allylic oxidation sites excluding steroid dienone is 27. The van der Waals surface area contributed by atoms with Gasteiger partial charge in [-0.2, -0.15) is 0 Å². The monoisotopic (exact) mass is 1040 g/mol. The zero-order valence-corrected chi connectivity index (χ0v) is 47.6. The molecular weight excluding hydrogens is 942 g/mol. The van der Waals surface area contributed by atoms with E-state index >= 15 is 0 Å². The van der Waals surface area contributed by atoms with Gasteiger partial charge in [0, 0.05) is 6.42 Å². The molecule has 0 spiro atoms. The van der Waals surface area contributed by atoms with Gasteiger partial charge in [0.1, 0.15) is 19.8 Å². The van der Waals surface area contributed by atoms with Gasteiger partial charge < -0.3 is 18.9 Å². The molecule has 9 nitrogen and oxygen atoms in total. The Bertz CT molecular complexity index is 1850. The number of likely N-dealkylation sites (N-methyl/N-ethyl adjacent to an activating group) is 1. The van der Waals surface area contributed by atoms with E-state index in [0.29, 0.717) is 23.9 Å². The van der Waals surface area contributed by atoms with E-state index in [1.54, 1.807) is 6.08 Å². The number of esters is 2. The molecule has 0 aromatic rings. The Morgan fingerprint density at radius 3 is 1.15 bits per heavy atom. The van der Waals surface area contributed by atoms with Gasteiger partial charge in [-0.1, -0.05) is 216 Å². The number of phosphoric ester groups is 1. The Kier molecular flexibility index (Phi) is 49.9. The number of hydrogen-bond acceptors (Lipinski definition) is 7. The summed E-state index contributed by atoms with van der Waals surface area (Å²) >= 11 is 0. The third kappa shape index (κ3) is 56.7. The van der Waals surface area contributed by atoms with E-state index in [9.17, 15) is 19.0 Å². The fraction of sp³-hybridized carbons (Fsp3) is 0.531. The van der Waals surface area contributed by atoms with Crippen molar-refractivity contribution in [2.45, 2.75) is 174 Å². The number of phosphoric acid groups is 1. The Morgan fingerprint density at radius 1 is 0.432 bits per heavy atom. The fourth-order valence-electron chi connectivity index (χ4n) is 6.55. The van der Waals surface area contributed by atoms with Gasteiger partial charge in [-0.05, 0) is 109 Å². The third-order valence-corrected chi connectivity index (χ3v) is 11.8. The average Bonchev–Trinajstić information content (AvgIpc) is 3.36. The standard InChI is InChI=1S/C64H100NO8P/c1-6-8-10-12-14-16-18-20-22-23-24-25-26-27-28-29-30-31-32-33-34-35-36-37-38-39-40-41-43-45-47-49-51-53-55-57-64(67)73-62(61-72-74(68,69)71-59-58-65(3,4)5)60-70-63(66)56-54-52-50-48-46-44-42-21-19-17-15-13-11-9-7-2/h8-11,14-17,20-22,24-25,27-28,30-31,33-34,36-37,39-40,42,46,48,52,54,62H,6-7,12-13,18-19,23,26,29,32,35,38,41,43-45,47,49-51,53,55-61H2,1-5H3/p+1/b10-8-,11-9-,16-14-,17-15-,22-20-,25-24-,28-27-,31-30-,34-33-,37-36-,40-39-,42-21-,48-46-,54-52-. The molecule has 0 aliphatic carbocycles. The van der Waals surface area contributed by atoms with Crippen LogP contribution in [0.3, 0.4) is 0 Å². The molecule has 2 atom stereocenters. The molecule has 0 aromatic carbocycles. The summed E-state index contributed by atoms with van der Waals surface area (Å²) in [4.78, 5) is 35.5. The van der Waals surface area contributed by atoms with E-state index in [1.807, 2.05) is 33.3 Å². The quantitative estimate of drug-likeness (QED) is 0.0211. The lowest BCUT2D eigenvalue weighted by molar-refractivity contribution is -0.870. The summed E-state index contributed by atoms with van der Waals surface area (Å²) in [5.74, 6) is -0.976. The lowest BCUT2D eigenvalue weighted by Crippen LogP contribution is -2.37. The minimum atomic E-state index is -4.42.